The van der Waals surface area contributed by atoms with Crippen molar-refractivity contribution in [2.24, 2.45) is 5.92 Å². The van der Waals surface area contributed by atoms with E-state index in [0.29, 0.717) is 40.8 Å². The number of benzene rings is 2. The van der Waals surface area contributed by atoms with Gasteiger partial charge in [0.1, 0.15) is 0 Å². The molecule has 144 valence electrons. The van der Waals surface area contributed by atoms with Gasteiger partial charge in [-0.05, 0) is 42.7 Å². The van der Waals surface area contributed by atoms with E-state index < -0.39 is 0 Å². The fourth-order valence-corrected chi connectivity index (χ4v) is 2.50. The maximum atomic E-state index is 12.5. The molecular formula is C21H26N2O4. The Morgan fingerprint density at radius 3 is 2.22 bits per heavy atom. The standard InChI is InChI=1S/C21H26N2O4/c1-14(2)10-11-22-20(24)15-6-5-7-16(12-15)21(25)23-17-8-9-18(26-3)19(13-17)27-4/h5-9,12-14H,10-11H2,1-4H3,(H,22,24)(H,23,25). The molecule has 0 saturated carbocycles. The molecule has 0 heterocycles. The normalized spacial score (nSPS) is 10.4. The Morgan fingerprint density at radius 2 is 1.59 bits per heavy atom. The quantitative estimate of drug-likeness (QED) is 0.742. The maximum absolute atomic E-state index is 12.5. The number of amides is 2. The minimum atomic E-state index is -0.306. The number of carbonyl (C=O) groups excluding carboxylic acids is 2. The van der Waals surface area contributed by atoms with E-state index in [1.165, 1.54) is 7.11 Å². The first-order valence-electron chi connectivity index (χ1n) is 8.86. The van der Waals surface area contributed by atoms with Crippen LogP contribution < -0.4 is 20.1 Å². The van der Waals surface area contributed by atoms with E-state index in [1.54, 1.807) is 49.6 Å². The zero-order valence-corrected chi connectivity index (χ0v) is 16.2. The molecule has 2 amide bonds. The van der Waals surface area contributed by atoms with Crippen LogP contribution in [-0.4, -0.2) is 32.6 Å². The van der Waals surface area contributed by atoms with Gasteiger partial charge in [0, 0.05) is 29.4 Å². The molecule has 2 rings (SSSR count). The Hall–Kier alpha value is -3.02. The van der Waals surface area contributed by atoms with E-state index >= 15 is 0 Å². The molecule has 27 heavy (non-hydrogen) atoms. The van der Waals surface area contributed by atoms with Crippen LogP contribution in [0, 0.1) is 5.92 Å². The number of anilines is 1. The van der Waals surface area contributed by atoms with Crippen molar-refractivity contribution >= 4 is 17.5 Å². The molecule has 0 unspecified atom stereocenters. The van der Waals surface area contributed by atoms with E-state index in [2.05, 4.69) is 24.5 Å². The molecule has 2 aromatic rings. The highest BCUT2D eigenvalue weighted by Gasteiger charge is 2.12. The van der Waals surface area contributed by atoms with Crippen molar-refractivity contribution in [3.8, 4) is 11.5 Å². The summed E-state index contributed by atoms with van der Waals surface area (Å²) in [6, 6.07) is 11.8. The zero-order chi connectivity index (χ0) is 19.8. The Labute approximate surface area is 159 Å². The fraction of sp³-hybridized carbons (Fsp3) is 0.333. The minimum Gasteiger partial charge on any atom is -0.493 e. The van der Waals surface area contributed by atoms with Crippen LogP contribution in [0.4, 0.5) is 5.69 Å². The highest BCUT2D eigenvalue weighted by molar-refractivity contribution is 6.06. The summed E-state index contributed by atoms with van der Waals surface area (Å²) >= 11 is 0. The van der Waals surface area contributed by atoms with Crippen molar-refractivity contribution < 1.29 is 19.1 Å². The second-order valence-electron chi connectivity index (χ2n) is 6.54. The van der Waals surface area contributed by atoms with E-state index in [4.69, 9.17) is 9.47 Å². The largest absolute Gasteiger partial charge is 0.493 e. The number of nitrogens with one attached hydrogen (secondary N) is 2. The summed E-state index contributed by atoms with van der Waals surface area (Å²) in [5, 5.41) is 5.68. The monoisotopic (exact) mass is 370 g/mol. The van der Waals surface area contributed by atoms with Crippen molar-refractivity contribution in [2.45, 2.75) is 20.3 Å². The number of hydrogen-bond acceptors (Lipinski definition) is 4. The molecule has 6 heteroatoms. The van der Waals surface area contributed by atoms with Crippen molar-refractivity contribution in [1.29, 1.82) is 0 Å². The second kappa shape index (κ2) is 9.62. The van der Waals surface area contributed by atoms with Crippen LogP contribution in [0.5, 0.6) is 11.5 Å². The lowest BCUT2D eigenvalue weighted by Crippen LogP contribution is -2.25. The summed E-state index contributed by atoms with van der Waals surface area (Å²) in [6.07, 6.45) is 0.908. The highest BCUT2D eigenvalue weighted by atomic mass is 16.5. The van der Waals surface area contributed by atoms with Gasteiger partial charge in [-0.2, -0.15) is 0 Å². The lowest BCUT2D eigenvalue weighted by molar-refractivity contribution is 0.0952. The number of hydrogen-bond donors (Lipinski definition) is 2. The molecule has 2 N–H and O–H groups in total. The summed E-state index contributed by atoms with van der Waals surface area (Å²) < 4.78 is 10.4. The molecule has 0 aromatic heterocycles. The number of carbonyl (C=O) groups is 2. The Bertz CT molecular complexity index is 803. The predicted octanol–water partition coefficient (Wildman–Crippen LogP) is 3.73. The Kier molecular flexibility index (Phi) is 7.23. The van der Waals surface area contributed by atoms with Crippen LogP contribution >= 0.6 is 0 Å². The van der Waals surface area contributed by atoms with Crippen LogP contribution in [-0.2, 0) is 0 Å². The predicted molar refractivity (Wildman–Crippen MR) is 106 cm³/mol. The van der Waals surface area contributed by atoms with Gasteiger partial charge in [0.15, 0.2) is 11.5 Å². The second-order valence-corrected chi connectivity index (χ2v) is 6.54. The zero-order valence-electron chi connectivity index (χ0n) is 16.2. The molecule has 0 atom stereocenters. The third-order valence-corrected chi connectivity index (χ3v) is 4.04. The smallest absolute Gasteiger partial charge is 0.255 e. The van der Waals surface area contributed by atoms with Crippen molar-refractivity contribution in [1.82, 2.24) is 5.32 Å². The Balaban J connectivity index is 2.07. The molecule has 6 nitrogen and oxygen atoms in total. The summed E-state index contributed by atoms with van der Waals surface area (Å²) in [6.45, 7) is 4.81. The first-order valence-corrected chi connectivity index (χ1v) is 8.86. The molecule has 0 aliphatic rings. The Morgan fingerprint density at radius 1 is 0.926 bits per heavy atom. The van der Waals surface area contributed by atoms with Gasteiger partial charge in [-0.3, -0.25) is 9.59 Å². The average Bonchev–Trinajstić information content (AvgIpc) is 2.67. The molecule has 0 spiro atoms. The van der Waals surface area contributed by atoms with Gasteiger partial charge < -0.3 is 20.1 Å². The van der Waals surface area contributed by atoms with Crippen molar-refractivity contribution in [3.63, 3.8) is 0 Å². The number of rotatable bonds is 8. The number of ether oxygens (including phenoxy) is 2. The van der Waals surface area contributed by atoms with Gasteiger partial charge in [-0.1, -0.05) is 19.9 Å². The average molecular weight is 370 g/mol. The van der Waals surface area contributed by atoms with Gasteiger partial charge in [0.2, 0.25) is 0 Å². The van der Waals surface area contributed by atoms with Gasteiger partial charge in [-0.15, -0.1) is 0 Å². The van der Waals surface area contributed by atoms with E-state index in [1.807, 2.05) is 0 Å². The van der Waals surface area contributed by atoms with Crippen molar-refractivity contribution in [2.75, 3.05) is 26.1 Å². The van der Waals surface area contributed by atoms with Gasteiger partial charge >= 0.3 is 0 Å². The molecule has 0 aliphatic carbocycles. The SMILES string of the molecule is COc1ccc(NC(=O)c2cccc(C(=O)NCCC(C)C)c2)cc1OC. The van der Waals surface area contributed by atoms with Crippen molar-refractivity contribution in [3.05, 3.63) is 53.6 Å². The highest BCUT2D eigenvalue weighted by Crippen LogP contribution is 2.29. The van der Waals surface area contributed by atoms with Crippen LogP contribution in [0.15, 0.2) is 42.5 Å². The summed E-state index contributed by atoms with van der Waals surface area (Å²) in [5.74, 6) is 1.13. The lowest BCUT2D eigenvalue weighted by atomic mass is 10.1. The molecule has 0 saturated heterocycles. The third-order valence-electron chi connectivity index (χ3n) is 4.04. The molecule has 0 radical (unpaired) electrons. The molecule has 2 aromatic carbocycles. The first kappa shape index (κ1) is 20.3. The third kappa shape index (κ3) is 5.74. The minimum absolute atomic E-state index is 0.184. The maximum Gasteiger partial charge on any atom is 0.255 e. The van der Waals surface area contributed by atoms with Crippen LogP contribution in [0.1, 0.15) is 41.0 Å². The summed E-state index contributed by atoms with van der Waals surface area (Å²) in [7, 11) is 3.08. The van der Waals surface area contributed by atoms with E-state index in [-0.39, 0.29) is 11.8 Å². The van der Waals surface area contributed by atoms with Gasteiger partial charge in [-0.25, -0.2) is 0 Å². The topological polar surface area (TPSA) is 76.7 Å². The molecule has 0 aliphatic heterocycles. The van der Waals surface area contributed by atoms with E-state index in [0.717, 1.165) is 6.42 Å². The summed E-state index contributed by atoms with van der Waals surface area (Å²) in [5.41, 5.74) is 1.43. The summed E-state index contributed by atoms with van der Waals surface area (Å²) in [4.78, 5) is 24.8. The van der Waals surface area contributed by atoms with Gasteiger partial charge in [0.25, 0.3) is 11.8 Å². The molecule has 0 bridgehead atoms. The molecule has 0 fully saturated rings. The van der Waals surface area contributed by atoms with Crippen LogP contribution in [0.25, 0.3) is 0 Å². The van der Waals surface area contributed by atoms with Crippen LogP contribution in [0.2, 0.25) is 0 Å². The molecular weight excluding hydrogens is 344 g/mol. The first-order chi connectivity index (χ1) is 12.9. The number of methoxy groups -OCH3 is 2. The fourth-order valence-electron chi connectivity index (χ4n) is 2.50. The van der Waals surface area contributed by atoms with Crippen LogP contribution in [0.3, 0.4) is 0 Å². The van der Waals surface area contributed by atoms with Gasteiger partial charge in [0.05, 0.1) is 14.2 Å². The van der Waals surface area contributed by atoms with E-state index in [9.17, 15) is 9.59 Å². The lowest BCUT2D eigenvalue weighted by Gasteiger charge is -2.11.